The van der Waals surface area contributed by atoms with Gasteiger partial charge in [-0.05, 0) is 17.7 Å². The highest BCUT2D eigenvalue weighted by atomic mass is 16.4. The quantitative estimate of drug-likeness (QED) is 0.657. The number of hydrogen-bond donors (Lipinski definition) is 0. The van der Waals surface area contributed by atoms with Gasteiger partial charge in [0.2, 0.25) is 17.7 Å². The van der Waals surface area contributed by atoms with Crippen molar-refractivity contribution in [2.45, 2.75) is 19.4 Å². The third-order valence-corrected chi connectivity index (χ3v) is 4.92. The zero-order chi connectivity index (χ0) is 19.2. The summed E-state index contributed by atoms with van der Waals surface area (Å²) in [4.78, 5) is 20.8. The summed E-state index contributed by atoms with van der Waals surface area (Å²) in [6, 6.07) is 14.1. The zero-order valence-electron chi connectivity index (χ0n) is 15.7. The van der Waals surface area contributed by atoms with E-state index in [1.54, 1.807) is 12.4 Å². The van der Waals surface area contributed by atoms with Gasteiger partial charge in [0.25, 0.3) is 0 Å². The summed E-state index contributed by atoms with van der Waals surface area (Å²) in [6.45, 7) is 4.25. The summed E-state index contributed by atoms with van der Waals surface area (Å²) in [5, 5.41) is 8.10. The van der Waals surface area contributed by atoms with E-state index in [4.69, 9.17) is 4.42 Å². The number of carbonyl (C=O) groups is 1. The van der Waals surface area contributed by atoms with Gasteiger partial charge in [-0.1, -0.05) is 30.3 Å². The first-order valence-electron chi connectivity index (χ1n) is 9.55. The van der Waals surface area contributed by atoms with Gasteiger partial charge in [-0.25, -0.2) is 0 Å². The van der Waals surface area contributed by atoms with Crippen LogP contribution in [0.1, 0.15) is 17.9 Å². The smallest absolute Gasteiger partial charge is 0.247 e. The van der Waals surface area contributed by atoms with Crippen molar-refractivity contribution in [2.24, 2.45) is 0 Å². The van der Waals surface area contributed by atoms with Crippen molar-refractivity contribution in [2.75, 3.05) is 26.2 Å². The molecule has 3 heterocycles. The molecule has 7 heteroatoms. The molecule has 0 bridgehead atoms. The number of rotatable bonds is 6. The predicted molar refractivity (Wildman–Crippen MR) is 104 cm³/mol. The number of carbonyl (C=O) groups excluding carboxylic acids is 1. The largest absolute Gasteiger partial charge is 0.421 e. The molecule has 28 heavy (non-hydrogen) atoms. The molecular weight excluding hydrogens is 354 g/mol. The van der Waals surface area contributed by atoms with Crippen molar-refractivity contribution in [1.29, 1.82) is 0 Å². The summed E-state index contributed by atoms with van der Waals surface area (Å²) in [6.07, 6.45) is 4.21. The van der Waals surface area contributed by atoms with E-state index in [1.807, 2.05) is 23.1 Å². The molecule has 0 unspecified atom stereocenters. The van der Waals surface area contributed by atoms with Crippen molar-refractivity contribution in [3.05, 3.63) is 66.3 Å². The van der Waals surface area contributed by atoms with Crippen molar-refractivity contribution in [3.63, 3.8) is 0 Å². The van der Waals surface area contributed by atoms with Gasteiger partial charge in [-0.15, -0.1) is 10.2 Å². The first-order valence-corrected chi connectivity index (χ1v) is 9.55. The van der Waals surface area contributed by atoms with Gasteiger partial charge >= 0.3 is 0 Å². The Morgan fingerprint density at radius 1 is 0.964 bits per heavy atom. The minimum atomic E-state index is 0.142. The number of pyridine rings is 1. The van der Waals surface area contributed by atoms with Crippen LogP contribution in [0.3, 0.4) is 0 Å². The average molecular weight is 377 g/mol. The molecule has 1 saturated heterocycles. The van der Waals surface area contributed by atoms with E-state index in [1.165, 1.54) is 5.56 Å². The molecule has 2 aromatic heterocycles. The Kier molecular flexibility index (Phi) is 5.72. The average Bonchev–Trinajstić information content (AvgIpc) is 3.23. The Labute approximate surface area is 164 Å². The molecule has 0 spiro atoms. The van der Waals surface area contributed by atoms with Crippen molar-refractivity contribution in [3.8, 4) is 11.5 Å². The van der Waals surface area contributed by atoms with E-state index in [0.717, 1.165) is 38.3 Å². The van der Waals surface area contributed by atoms with Crippen LogP contribution in [0.5, 0.6) is 0 Å². The van der Waals surface area contributed by atoms with Gasteiger partial charge < -0.3 is 9.32 Å². The van der Waals surface area contributed by atoms with E-state index >= 15 is 0 Å². The summed E-state index contributed by atoms with van der Waals surface area (Å²) < 4.78 is 5.66. The number of aryl methyl sites for hydroxylation is 1. The Morgan fingerprint density at radius 3 is 2.46 bits per heavy atom. The zero-order valence-corrected chi connectivity index (χ0v) is 15.7. The van der Waals surface area contributed by atoms with Crippen LogP contribution in [0.2, 0.25) is 0 Å². The molecule has 3 aromatic rings. The van der Waals surface area contributed by atoms with Crippen LogP contribution in [0, 0.1) is 0 Å². The highest BCUT2D eigenvalue weighted by Crippen LogP contribution is 2.17. The van der Waals surface area contributed by atoms with Crippen molar-refractivity contribution in [1.82, 2.24) is 25.0 Å². The second kappa shape index (κ2) is 8.75. The Balaban J connectivity index is 1.23. The molecule has 0 saturated carbocycles. The molecule has 1 aliphatic rings. The molecule has 0 aliphatic carbocycles. The number of aromatic nitrogens is 3. The van der Waals surface area contributed by atoms with E-state index in [-0.39, 0.29) is 5.91 Å². The van der Waals surface area contributed by atoms with Gasteiger partial charge in [0, 0.05) is 63.5 Å². The minimum Gasteiger partial charge on any atom is -0.421 e. The summed E-state index contributed by atoms with van der Waals surface area (Å²) in [5.41, 5.74) is 2.14. The molecule has 1 aliphatic heterocycles. The van der Waals surface area contributed by atoms with Crippen LogP contribution in [-0.2, 0) is 17.8 Å². The SMILES string of the molecule is O=C(CCc1nnc(-c2ccncc2)o1)N1CCN(Cc2ccccc2)CC1. The first kappa shape index (κ1) is 18.3. The molecule has 144 valence electrons. The number of nitrogens with zero attached hydrogens (tertiary/aromatic N) is 5. The maximum Gasteiger partial charge on any atom is 0.247 e. The fraction of sp³-hybridized carbons (Fsp3) is 0.333. The van der Waals surface area contributed by atoms with E-state index in [2.05, 4.69) is 44.3 Å². The third-order valence-electron chi connectivity index (χ3n) is 4.92. The first-order chi connectivity index (χ1) is 13.8. The molecule has 0 radical (unpaired) electrons. The maximum absolute atomic E-state index is 12.5. The monoisotopic (exact) mass is 377 g/mol. The molecule has 4 rings (SSSR count). The second-order valence-corrected chi connectivity index (χ2v) is 6.88. The standard InChI is InChI=1S/C21H23N5O2/c27-20(7-6-19-23-24-21(28-19)18-8-10-22-11-9-18)26-14-12-25(13-15-26)16-17-4-2-1-3-5-17/h1-5,8-11H,6-7,12-16H2. The van der Waals surface area contributed by atoms with Gasteiger partial charge in [-0.2, -0.15) is 0 Å². The lowest BCUT2D eigenvalue weighted by atomic mass is 10.2. The van der Waals surface area contributed by atoms with Gasteiger partial charge in [0.05, 0.1) is 0 Å². The molecule has 1 fully saturated rings. The molecule has 1 amide bonds. The third kappa shape index (κ3) is 4.61. The number of benzene rings is 1. The Bertz CT molecular complexity index is 889. The maximum atomic E-state index is 12.5. The van der Waals surface area contributed by atoms with Crippen LogP contribution < -0.4 is 0 Å². The lowest BCUT2D eigenvalue weighted by Gasteiger charge is -2.34. The molecular formula is C21H23N5O2. The summed E-state index contributed by atoms with van der Waals surface area (Å²) in [7, 11) is 0. The van der Waals surface area contributed by atoms with Gasteiger partial charge in [-0.3, -0.25) is 14.7 Å². The fourth-order valence-electron chi connectivity index (χ4n) is 3.33. The summed E-state index contributed by atoms with van der Waals surface area (Å²) >= 11 is 0. The molecule has 7 nitrogen and oxygen atoms in total. The van der Waals surface area contributed by atoms with E-state index in [9.17, 15) is 4.79 Å². The Morgan fingerprint density at radius 2 is 1.71 bits per heavy atom. The topological polar surface area (TPSA) is 75.4 Å². The van der Waals surface area contributed by atoms with Crippen LogP contribution >= 0.6 is 0 Å². The summed E-state index contributed by atoms with van der Waals surface area (Å²) in [5.74, 6) is 1.09. The van der Waals surface area contributed by atoms with Gasteiger partial charge in [0.15, 0.2) is 0 Å². The number of hydrogen-bond acceptors (Lipinski definition) is 6. The van der Waals surface area contributed by atoms with E-state index < -0.39 is 0 Å². The second-order valence-electron chi connectivity index (χ2n) is 6.88. The predicted octanol–water partition coefficient (Wildman–Crippen LogP) is 2.41. The lowest BCUT2D eigenvalue weighted by molar-refractivity contribution is -0.133. The van der Waals surface area contributed by atoms with Crippen molar-refractivity contribution >= 4 is 5.91 Å². The highest BCUT2D eigenvalue weighted by Gasteiger charge is 2.21. The minimum absolute atomic E-state index is 0.142. The lowest BCUT2D eigenvalue weighted by Crippen LogP contribution is -2.48. The highest BCUT2D eigenvalue weighted by molar-refractivity contribution is 5.76. The Hall–Kier alpha value is -3.06. The van der Waals surface area contributed by atoms with E-state index in [0.29, 0.717) is 24.6 Å². The van der Waals surface area contributed by atoms with Gasteiger partial charge in [0.1, 0.15) is 0 Å². The van der Waals surface area contributed by atoms with Crippen LogP contribution in [0.4, 0.5) is 0 Å². The fourth-order valence-corrected chi connectivity index (χ4v) is 3.33. The van der Waals surface area contributed by atoms with Crippen LogP contribution in [0.25, 0.3) is 11.5 Å². The molecule has 0 atom stereocenters. The van der Waals surface area contributed by atoms with Crippen LogP contribution in [-0.4, -0.2) is 57.1 Å². The van der Waals surface area contributed by atoms with Crippen molar-refractivity contribution < 1.29 is 9.21 Å². The van der Waals surface area contributed by atoms with Crippen LogP contribution in [0.15, 0.2) is 59.3 Å². The normalized spacial score (nSPS) is 14.9. The number of amides is 1. The molecule has 0 N–H and O–H groups in total. The molecule has 1 aromatic carbocycles. The number of piperazine rings is 1.